The summed E-state index contributed by atoms with van der Waals surface area (Å²) in [6.45, 7) is 10.8. The molecular formula is C38H46N6O6. The van der Waals surface area contributed by atoms with Crippen LogP contribution in [0.1, 0.15) is 99.2 Å². The molecule has 1 fully saturated rings. The largest absolute Gasteiger partial charge is 0.444 e. The van der Waals surface area contributed by atoms with Crippen LogP contribution in [-0.4, -0.2) is 57.7 Å². The van der Waals surface area contributed by atoms with Gasteiger partial charge in [0.05, 0.1) is 11.1 Å². The van der Waals surface area contributed by atoms with Gasteiger partial charge in [-0.25, -0.2) is 9.59 Å². The Kier molecular flexibility index (Phi) is 10.2. The lowest BCUT2D eigenvalue weighted by molar-refractivity contribution is 0.0486. The van der Waals surface area contributed by atoms with E-state index in [0.29, 0.717) is 42.1 Å². The fourth-order valence-electron chi connectivity index (χ4n) is 6.34. The Morgan fingerprint density at radius 3 is 2.04 bits per heavy atom. The van der Waals surface area contributed by atoms with Crippen molar-refractivity contribution in [3.05, 3.63) is 83.0 Å². The van der Waals surface area contributed by atoms with E-state index in [9.17, 15) is 19.2 Å². The maximum Gasteiger partial charge on any atom is 0.413 e. The van der Waals surface area contributed by atoms with Crippen molar-refractivity contribution in [1.29, 1.82) is 5.41 Å². The molecule has 0 bridgehead atoms. The van der Waals surface area contributed by atoms with E-state index in [2.05, 4.69) is 16.0 Å². The van der Waals surface area contributed by atoms with E-state index in [1.54, 1.807) is 43.5 Å². The summed E-state index contributed by atoms with van der Waals surface area (Å²) in [6, 6.07) is 18.4. The topological polar surface area (TPSA) is 178 Å². The highest BCUT2D eigenvalue weighted by Gasteiger charge is 2.31. The standard InChI is InChI=1S/C38H46N6O6/c1-37(2,3)49-35(47)42-26-17-15-25(16-18-26)41-34(46)31-30(33(40)45)28-19-14-23(32(39)43-36(48)50-38(4,5)6)20-29(28)44(31)21-24-12-9-11-22-10-7-8-13-27(22)24/h7-14,19-20,25-26H,15-18,21H2,1-6H3,(H2,40,45)(H,41,46)(H,42,47)(H2,39,43,48)/t25-,26-. The summed E-state index contributed by atoms with van der Waals surface area (Å²) >= 11 is 0. The van der Waals surface area contributed by atoms with Crippen LogP contribution in [0.3, 0.4) is 0 Å². The Morgan fingerprint density at radius 1 is 0.800 bits per heavy atom. The zero-order chi connectivity index (χ0) is 36.4. The van der Waals surface area contributed by atoms with Crippen molar-refractivity contribution in [1.82, 2.24) is 20.5 Å². The summed E-state index contributed by atoms with van der Waals surface area (Å²) in [5.74, 6) is -1.43. The number of primary amides is 1. The molecule has 1 aromatic heterocycles. The fraction of sp³-hybridized carbons (Fsp3) is 0.395. The molecule has 0 unspecified atom stereocenters. The van der Waals surface area contributed by atoms with E-state index >= 15 is 0 Å². The third-order valence-electron chi connectivity index (χ3n) is 8.43. The molecule has 6 N–H and O–H groups in total. The first-order valence-corrected chi connectivity index (χ1v) is 16.8. The molecule has 4 aromatic rings. The molecule has 1 heterocycles. The Hall–Kier alpha value is -5.39. The van der Waals surface area contributed by atoms with Crippen LogP contribution in [-0.2, 0) is 16.0 Å². The molecule has 1 aliphatic rings. The number of amides is 4. The highest BCUT2D eigenvalue weighted by molar-refractivity contribution is 6.17. The third kappa shape index (κ3) is 8.60. The maximum absolute atomic E-state index is 14.3. The minimum Gasteiger partial charge on any atom is -0.444 e. The highest BCUT2D eigenvalue weighted by Crippen LogP contribution is 2.31. The molecular weight excluding hydrogens is 636 g/mol. The molecule has 0 saturated heterocycles. The minimum absolute atomic E-state index is 0.0659. The summed E-state index contributed by atoms with van der Waals surface area (Å²) in [7, 11) is 0. The number of amidine groups is 1. The first kappa shape index (κ1) is 35.9. The molecule has 0 aliphatic heterocycles. The van der Waals surface area contributed by atoms with E-state index in [4.69, 9.17) is 20.6 Å². The quantitative estimate of drug-likeness (QED) is 0.112. The number of nitrogens with two attached hydrogens (primary N) is 1. The summed E-state index contributed by atoms with van der Waals surface area (Å²) in [5, 5.41) is 19.6. The lowest BCUT2D eigenvalue weighted by Crippen LogP contribution is -2.45. The maximum atomic E-state index is 14.3. The highest BCUT2D eigenvalue weighted by atomic mass is 16.6. The number of nitrogens with zero attached hydrogens (tertiary/aromatic N) is 1. The molecule has 12 nitrogen and oxygen atoms in total. The second-order valence-electron chi connectivity index (χ2n) is 14.7. The number of hydrogen-bond donors (Lipinski definition) is 5. The van der Waals surface area contributed by atoms with Crippen molar-refractivity contribution < 1.29 is 28.7 Å². The van der Waals surface area contributed by atoms with Crippen LogP contribution < -0.4 is 21.7 Å². The van der Waals surface area contributed by atoms with Gasteiger partial charge in [-0.05, 0) is 89.6 Å². The van der Waals surface area contributed by atoms with Gasteiger partial charge in [-0.2, -0.15) is 0 Å². The first-order chi connectivity index (χ1) is 23.5. The molecule has 1 aliphatic carbocycles. The average Bonchev–Trinajstić information content (AvgIpc) is 3.34. The van der Waals surface area contributed by atoms with E-state index in [1.807, 2.05) is 63.2 Å². The van der Waals surface area contributed by atoms with Crippen molar-refractivity contribution in [2.24, 2.45) is 5.73 Å². The normalized spacial score (nSPS) is 16.4. The number of fused-ring (bicyclic) bond motifs is 2. The average molecular weight is 683 g/mol. The van der Waals surface area contributed by atoms with Crippen molar-refractivity contribution >= 4 is 51.5 Å². The molecule has 264 valence electrons. The zero-order valence-electron chi connectivity index (χ0n) is 29.4. The van der Waals surface area contributed by atoms with E-state index in [1.165, 1.54) is 0 Å². The summed E-state index contributed by atoms with van der Waals surface area (Å²) in [5.41, 5.74) is 6.55. The lowest BCUT2D eigenvalue weighted by Gasteiger charge is -2.30. The second kappa shape index (κ2) is 14.2. The fourth-order valence-corrected chi connectivity index (χ4v) is 6.34. The number of aromatic nitrogens is 1. The van der Waals surface area contributed by atoms with Crippen molar-refractivity contribution in [2.45, 2.75) is 97.1 Å². The SMILES string of the molecule is CC(C)(C)OC(=O)NC(=N)c1ccc2c(C(N)=O)c(C(=O)N[C@H]3CC[C@H](NC(=O)OC(C)(C)C)CC3)n(Cc3cccc4ccccc34)c2c1. The number of nitrogens with one attached hydrogen (secondary N) is 4. The van der Waals surface area contributed by atoms with Crippen LogP contribution in [0.25, 0.3) is 21.7 Å². The predicted octanol–water partition coefficient (Wildman–Crippen LogP) is 6.36. The van der Waals surface area contributed by atoms with E-state index in [-0.39, 0.29) is 35.7 Å². The van der Waals surface area contributed by atoms with Gasteiger partial charge in [0.25, 0.3) is 11.8 Å². The monoisotopic (exact) mass is 682 g/mol. The number of benzene rings is 3. The van der Waals surface area contributed by atoms with Gasteiger partial charge in [0.2, 0.25) is 0 Å². The minimum atomic E-state index is -0.775. The Morgan fingerprint density at radius 2 is 1.40 bits per heavy atom. The van der Waals surface area contributed by atoms with Crippen molar-refractivity contribution in [3.8, 4) is 0 Å². The van der Waals surface area contributed by atoms with E-state index < -0.39 is 35.2 Å². The molecule has 0 spiro atoms. The molecule has 3 aromatic carbocycles. The van der Waals surface area contributed by atoms with Gasteiger partial charge in [-0.3, -0.25) is 20.3 Å². The number of carbonyl (C=O) groups is 4. The summed E-state index contributed by atoms with van der Waals surface area (Å²) in [4.78, 5) is 52.1. The molecule has 1 saturated carbocycles. The molecule has 0 radical (unpaired) electrons. The molecule has 50 heavy (non-hydrogen) atoms. The van der Waals surface area contributed by atoms with Gasteiger partial charge >= 0.3 is 12.2 Å². The number of ether oxygens (including phenoxy) is 2. The molecule has 12 heteroatoms. The van der Waals surface area contributed by atoms with Crippen LogP contribution in [0.2, 0.25) is 0 Å². The van der Waals surface area contributed by atoms with Crippen molar-refractivity contribution in [2.75, 3.05) is 0 Å². The number of hydrogen-bond acceptors (Lipinski definition) is 7. The van der Waals surface area contributed by atoms with Crippen LogP contribution >= 0.6 is 0 Å². The molecule has 5 rings (SSSR count). The smallest absolute Gasteiger partial charge is 0.413 e. The molecule has 0 atom stereocenters. The van der Waals surface area contributed by atoms with Gasteiger partial charge < -0.3 is 30.4 Å². The lowest BCUT2D eigenvalue weighted by atomic mass is 9.91. The Labute approximate surface area is 291 Å². The van der Waals surface area contributed by atoms with Gasteiger partial charge in [0.1, 0.15) is 22.7 Å². The van der Waals surface area contributed by atoms with Crippen LogP contribution in [0.4, 0.5) is 9.59 Å². The van der Waals surface area contributed by atoms with Crippen LogP contribution in [0.5, 0.6) is 0 Å². The van der Waals surface area contributed by atoms with E-state index in [0.717, 1.165) is 16.3 Å². The van der Waals surface area contributed by atoms with Gasteiger partial charge in [-0.15, -0.1) is 0 Å². The summed E-state index contributed by atoms with van der Waals surface area (Å²) < 4.78 is 12.5. The van der Waals surface area contributed by atoms with Gasteiger partial charge in [0, 0.05) is 29.6 Å². The van der Waals surface area contributed by atoms with Gasteiger partial charge in [0.15, 0.2) is 0 Å². The van der Waals surface area contributed by atoms with Crippen molar-refractivity contribution in [3.63, 3.8) is 0 Å². The Bertz CT molecular complexity index is 1950. The predicted molar refractivity (Wildman–Crippen MR) is 193 cm³/mol. The van der Waals surface area contributed by atoms with Gasteiger partial charge in [-0.1, -0.05) is 54.6 Å². The van der Waals surface area contributed by atoms with Crippen LogP contribution in [0.15, 0.2) is 60.7 Å². The summed E-state index contributed by atoms with van der Waals surface area (Å²) in [6.07, 6.45) is 1.26. The molecule has 4 amide bonds. The number of alkyl carbamates (subject to hydrolysis) is 2. The first-order valence-electron chi connectivity index (χ1n) is 16.8. The third-order valence-corrected chi connectivity index (χ3v) is 8.43. The second-order valence-corrected chi connectivity index (χ2v) is 14.7. The Balaban J connectivity index is 1.49. The number of carbonyl (C=O) groups excluding carboxylic acids is 4. The van der Waals surface area contributed by atoms with Crippen LogP contribution in [0, 0.1) is 5.41 Å². The number of rotatable bonds is 7. The zero-order valence-corrected chi connectivity index (χ0v) is 29.4.